The first kappa shape index (κ1) is 24.2. The van der Waals surface area contributed by atoms with Crippen molar-refractivity contribution in [2.24, 2.45) is 0 Å². The van der Waals surface area contributed by atoms with E-state index in [1.807, 2.05) is 18.2 Å². The van der Waals surface area contributed by atoms with Gasteiger partial charge in [-0.2, -0.15) is 0 Å². The standard InChI is InChI=1S/C28H27ClN2O5/c1-28(2,3)20-10-9-17(15-21(20)29)31-25(16-8-11-22-23(14-16)36-13-12-35-22)24(26(32)30-34)18-6-4-5-7-19(18)27(31)33/h4-11,14-15,24-25,34H,12-13H2,1-3H3,(H,30,32). The molecule has 0 saturated heterocycles. The van der Waals surface area contributed by atoms with Crippen LogP contribution >= 0.6 is 11.6 Å². The average Bonchev–Trinajstić information content (AvgIpc) is 2.87. The first-order valence-corrected chi connectivity index (χ1v) is 12.1. The molecule has 36 heavy (non-hydrogen) atoms. The second-order valence-corrected chi connectivity index (χ2v) is 10.4. The Kier molecular flexibility index (Phi) is 6.14. The third-order valence-corrected chi connectivity index (χ3v) is 6.99. The number of anilines is 1. The number of benzene rings is 3. The average molecular weight is 507 g/mol. The van der Waals surface area contributed by atoms with Crippen LogP contribution in [0.15, 0.2) is 60.7 Å². The van der Waals surface area contributed by atoms with Gasteiger partial charge < -0.3 is 9.47 Å². The molecule has 2 atom stereocenters. The molecule has 2 heterocycles. The smallest absolute Gasteiger partial charge is 0.259 e. The van der Waals surface area contributed by atoms with Gasteiger partial charge in [-0.15, -0.1) is 0 Å². The van der Waals surface area contributed by atoms with Gasteiger partial charge >= 0.3 is 0 Å². The van der Waals surface area contributed by atoms with Gasteiger partial charge in [0.05, 0.1) is 12.0 Å². The van der Waals surface area contributed by atoms with Crippen molar-refractivity contribution in [2.45, 2.75) is 38.1 Å². The lowest BCUT2D eigenvalue weighted by atomic mass is 9.78. The Bertz CT molecular complexity index is 1350. The molecule has 2 unspecified atom stereocenters. The third kappa shape index (κ3) is 4.08. The van der Waals surface area contributed by atoms with Gasteiger partial charge in [0, 0.05) is 16.3 Å². The maximum Gasteiger partial charge on any atom is 0.259 e. The molecule has 0 bridgehead atoms. The number of nitrogens with zero attached hydrogens (tertiary/aromatic N) is 1. The number of rotatable bonds is 3. The van der Waals surface area contributed by atoms with Gasteiger partial charge in [0.15, 0.2) is 11.5 Å². The van der Waals surface area contributed by atoms with Crippen molar-refractivity contribution in [3.63, 3.8) is 0 Å². The minimum atomic E-state index is -0.896. The molecular formula is C28H27ClN2O5. The van der Waals surface area contributed by atoms with Crippen LogP contribution in [0.25, 0.3) is 0 Å². The van der Waals surface area contributed by atoms with Gasteiger partial charge in [0.2, 0.25) is 0 Å². The largest absolute Gasteiger partial charge is 0.486 e. The second-order valence-electron chi connectivity index (χ2n) is 9.98. The topological polar surface area (TPSA) is 88.1 Å². The molecule has 186 valence electrons. The number of halogens is 1. The van der Waals surface area contributed by atoms with Crippen molar-refractivity contribution < 1.29 is 24.3 Å². The van der Waals surface area contributed by atoms with Crippen LogP contribution < -0.4 is 19.9 Å². The molecule has 7 nitrogen and oxygen atoms in total. The summed E-state index contributed by atoms with van der Waals surface area (Å²) in [6.07, 6.45) is 0. The zero-order chi connectivity index (χ0) is 25.6. The van der Waals surface area contributed by atoms with Crippen molar-refractivity contribution in [2.75, 3.05) is 18.1 Å². The minimum Gasteiger partial charge on any atom is -0.486 e. The second kappa shape index (κ2) is 9.15. The molecule has 0 aliphatic carbocycles. The summed E-state index contributed by atoms with van der Waals surface area (Å²) in [5.41, 5.74) is 4.68. The molecule has 3 aromatic carbocycles. The van der Waals surface area contributed by atoms with E-state index in [9.17, 15) is 14.8 Å². The van der Waals surface area contributed by atoms with E-state index in [2.05, 4.69) is 20.8 Å². The van der Waals surface area contributed by atoms with Gasteiger partial charge in [-0.3, -0.25) is 19.7 Å². The summed E-state index contributed by atoms with van der Waals surface area (Å²) in [5.74, 6) is -0.661. The van der Waals surface area contributed by atoms with Crippen molar-refractivity contribution in [1.82, 2.24) is 5.48 Å². The van der Waals surface area contributed by atoms with Crippen LogP contribution in [0, 0.1) is 0 Å². The highest BCUT2D eigenvalue weighted by atomic mass is 35.5. The maximum atomic E-state index is 14.0. The summed E-state index contributed by atoms with van der Waals surface area (Å²) in [6, 6.07) is 17.1. The van der Waals surface area contributed by atoms with E-state index in [1.54, 1.807) is 52.8 Å². The van der Waals surface area contributed by atoms with E-state index < -0.39 is 17.9 Å². The number of carbonyl (C=O) groups excluding carboxylic acids is 2. The number of amides is 2. The lowest BCUT2D eigenvalue weighted by molar-refractivity contribution is -0.131. The highest BCUT2D eigenvalue weighted by molar-refractivity contribution is 6.32. The molecule has 2 amide bonds. The fourth-order valence-corrected chi connectivity index (χ4v) is 5.48. The van der Waals surface area contributed by atoms with Crippen LogP contribution in [0.1, 0.15) is 59.8 Å². The summed E-state index contributed by atoms with van der Waals surface area (Å²) < 4.78 is 11.5. The van der Waals surface area contributed by atoms with E-state index in [1.165, 1.54) is 0 Å². The van der Waals surface area contributed by atoms with Gasteiger partial charge in [-0.05, 0) is 52.4 Å². The number of hydroxylamine groups is 1. The normalized spacial score (nSPS) is 19.0. The summed E-state index contributed by atoms with van der Waals surface area (Å²) in [4.78, 5) is 28.7. The van der Waals surface area contributed by atoms with E-state index in [4.69, 9.17) is 21.1 Å². The van der Waals surface area contributed by atoms with Crippen LogP contribution in [0.3, 0.4) is 0 Å². The van der Waals surface area contributed by atoms with E-state index in [0.717, 1.165) is 5.56 Å². The molecule has 2 aliphatic heterocycles. The monoisotopic (exact) mass is 506 g/mol. The Hall–Kier alpha value is -3.55. The molecule has 8 heteroatoms. The molecular weight excluding hydrogens is 480 g/mol. The van der Waals surface area contributed by atoms with Crippen LogP contribution in [-0.2, 0) is 10.2 Å². The Morgan fingerprint density at radius 3 is 2.44 bits per heavy atom. The zero-order valence-corrected chi connectivity index (χ0v) is 21.0. The number of carbonyl (C=O) groups is 2. The van der Waals surface area contributed by atoms with Crippen molar-refractivity contribution >= 4 is 29.1 Å². The fraction of sp³-hybridized carbons (Fsp3) is 0.286. The molecule has 0 fully saturated rings. The Labute approximate surface area is 214 Å². The third-order valence-electron chi connectivity index (χ3n) is 6.68. The predicted molar refractivity (Wildman–Crippen MR) is 136 cm³/mol. The van der Waals surface area contributed by atoms with Crippen LogP contribution in [0.2, 0.25) is 5.02 Å². The lowest BCUT2D eigenvalue weighted by Crippen LogP contribution is -2.47. The molecule has 0 radical (unpaired) electrons. The maximum absolute atomic E-state index is 14.0. The van der Waals surface area contributed by atoms with E-state index in [0.29, 0.717) is 52.1 Å². The molecule has 0 spiro atoms. The Balaban J connectivity index is 1.73. The molecule has 5 rings (SSSR count). The summed E-state index contributed by atoms with van der Waals surface area (Å²) in [5, 5.41) is 10.2. The van der Waals surface area contributed by atoms with Crippen molar-refractivity contribution in [3.05, 3.63) is 87.9 Å². The number of hydrogen-bond donors (Lipinski definition) is 2. The molecule has 0 saturated carbocycles. The fourth-order valence-electron chi connectivity index (χ4n) is 5.02. The van der Waals surface area contributed by atoms with E-state index >= 15 is 0 Å². The number of fused-ring (bicyclic) bond motifs is 2. The molecule has 2 aliphatic rings. The minimum absolute atomic E-state index is 0.192. The van der Waals surface area contributed by atoms with Gasteiger partial charge in [-0.1, -0.05) is 62.7 Å². The molecule has 0 aromatic heterocycles. The first-order valence-electron chi connectivity index (χ1n) is 11.8. The van der Waals surface area contributed by atoms with Gasteiger partial charge in [0.1, 0.15) is 13.2 Å². The SMILES string of the molecule is CC(C)(C)c1ccc(N2C(=O)c3ccccc3C(C(=O)NO)C2c2ccc3c(c2)OCCO3)cc1Cl. The molecule has 2 N–H and O–H groups in total. The summed E-state index contributed by atoms with van der Waals surface area (Å²) in [7, 11) is 0. The summed E-state index contributed by atoms with van der Waals surface area (Å²) >= 11 is 6.70. The van der Waals surface area contributed by atoms with Crippen LogP contribution in [-0.4, -0.2) is 30.2 Å². The zero-order valence-electron chi connectivity index (χ0n) is 20.2. The van der Waals surface area contributed by atoms with Crippen LogP contribution in [0.5, 0.6) is 11.5 Å². The number of hydrogen-bond acceptors (Lipinski definition) is 5. The first-order chi connectivity index (χ1) is 17.2. The predicted octanol–water partition coefficient (Wildman–Crippen LogP) is 5.40. The van der Waals surface area contributed by atoms with Gasteiger partial charge in [-0.25, -0.2) is 5.48 Å². The number of nitrogens with one attached hydrogen (secondary N) is 1. The quantitative estimate of drug-likeness (QED) is 0.367. The van der Waals surface area contributed by atoms with E-state index in [-0.39, 0.29) is 11.3 Å². The van der Waals surface area contributed by atoms with Crippen LogP contribution in [0.4, 0.5) is 5.69 Å². The highest BCUT2D eigenvalue weighted by Gasteiger charge is 2.45. The molecule has 3 aromatic rings. The van der Waals surface area contributed by atoms with Gasteiger partial charge in [0.25, 0.3) is 11.8 Å². The number of ether oxygens (including phenoxy) is 2. The summed E-state index contributed by atoms with van der Waals surface area (Å²) in [6.45, 7) is 7.04. The Morgan fingerprint density at radius 1 is 1.03 bits per heavy atom. The lowest BCUT2D eigenvalue weighted by Gasteiger charge is -2.42. The Morgan fingerprint density at radius 2 is 1.75 bits per heavy atom. The highest BCUT2D eigenvalue weighted by Crippen LogP contribution is 2.47. The van der Waals surface area contributed by atoms with Crippen molar-refractivity contribution in [1.29, 1.82) is 0 Å². The van der Waals surface area contributed by atoms with Crippen molar-refractivity contribution in [3.8, 4) is 11.5 Å².